The summed E-state index contributed by atoms with van der Waals surface area (Å²) in [6.07, 6.45) is 0.680. The molecular weight excluding hydrogens is 349 g/mol. The second-order valence-electron chi connectivity index (χ2n) is 6.75. The van der Waals surface area contributed by atoms with Gasteiger partial charge < -0.3 is 4.90 Å². The molecule has 4 rings (SSSR count). The van der Waals surface area contributed by atoms with Crippen LogP contribution >= 0.6 is 0 Å². The van der Waals surface area contributed by atoms with E-state index in [-0.39, 0.29) is 30.2 Å². The molecule has 1 saturated heterocycles. The van der Waals surface area contributed by atoms with Crippen LogP contribution in [0.3, 0.4) is 0 Å². The molecule has 1 N–H and O–H groups in total. The molecule has 2 heterocycles. The van der Waals surface area contributed by atoms with Crippen molar-refractivity contribution in [2.45, 2.75) is 19.4 Å². The number of hydrogen-bond acceptors (Lipinski definition) is 3. The lowest BCUT2D eigenvalue weighted by atomic mass is 9.93. The summed E-state index contributed by atoms with van der Waals surface area (Å²) in [5.74, 6) is -0.809. The van der Waals surface area contributed by atoms with Gasteiger partial charge in [0.05, 0.1) is 6.04 Å². The van der Waals surface area contributed by atoms with Crippen molar-refractivity contribution in [3.05, 3.63) is 65.0 Å². The van der Waals surface area contributed by atoms with Gasteiger partial charge in [0.15, 0.2) is 0 Å². The summed E-state index contributed by atoms with van der Waals surface area (Å²) in [7, 11) is 0. The monoisotopic (exact) mass is 367 g/mol. The van der Waals surface area contributed by atoms with Gasteiger partial charge >= 0.3 is 6.03 Å². The van der Waals surface area contributed by atoms with Crippen molar-refractivity contribution in [3.63, 3.8) is 0 Å². The van der Waals surface area contributed by atoms with Crippen LogP contribution in [0.25, 0.3) is 0 Å². The molecule has 2 aromatic carbocycles. The van der Waals surface area contributed by atoms with Gasteiger partial charge in [-0.15, -0.1) is 0 Å². The van der Waals surface area contributed by atoms with Gasteiger partial charge in [-0.25, -0.2) is 9.18 Å². The largest absolute Gasteiger partial charge is 0.332 e. The van der Waals surface area contributed by atoms with Crippen molar-refractivity contribution in [3.8, 4) is 0 Å². The summed E-state index contributed by atoms with van der Waals surface area (Å²) < 4.78 is 13.6. The molecule has 1 fully saturated rings. The highest BCUT2D eigenvalue weighted by molar-refractivity contribution is 6.12. The first kappa shape index (κ1) is 17.2. The molecule has 2 aliphatic rings. The van der Waals surface area contributed by atoms with Gasteiger partial charge in [0.25, 0.3) is 5.91 Å². The number of nitrogens with zero attached hydrogens (tertiary/aromatic N) is 2. The SMILES string of the molecule is CC1c2cc(F)ccc2CCN1C(=O)c1ccc(N2CC(=O)NC2=O)cc1. The number of rotatable bonds is 2. The van der Waals surface area contributed by atoms with E-state index < -0.39 is 6.03 Å². The van der Waals surface area contributed by atoms with E-state index in [1.165, 1.54) is 17.0 Å². The molecule has 0 spiro atoms. The third-order valence-electron chi connectivity index (χ3n) is 5.13. The summed E-state index contributed by atoms with van der Waals surface area (Å²) in [6.45, 7) is 2.42. The third-order valence-corrected chi connectivity index (χ3v) is 5.13. The number of nitrogens with one attached hydrogen (secondary N) is 1. The van der Waals surface area contributed by atoms with E-state index in [0.29, 0.717) is 24.2 Å². The van der Waals surface area contributed by atoms with Gasteiger partial charge in [-0.05, 0) is 60.9 Å². The van der Waals surface area contributed by atoms with Crippen molar-refractivity contribution < 1.29 is 18.8 Å². The van der Waals surface area contributed by atoms with Crippen molar-refractivity contribution in [2.75, 3.05) is 18.0 Å². The van der Waals surface area contributed by atoms with Crippen LogP contribution in [0.4, 0.5) is 14.9 Å². The van der Waals surface area contributed by atoms with Crippen molar-refractivity contribution in [1.29, 1.82) is 0 Å². The van der Waals surface area contributed by atoms with Gasteiger partial charge in [-0.1, -0.05) is 6.07 Å². The second-order valence-corrected chi connectivity index (χ2v) is 6.75. The Kier molecular flexibility index (Phi) is 4.14. The number of halogens is 1. The number of amides is 4. The topological polar surface area (TPSA) is 69.7 Å². The number of imide groups is 1. The summed E-state index contributed by atoms with van der Waals surface area (Å²) in [5.41, 5.74) is 2.93. The van der Waals surface area contributed by atoms with Gasteiger partial charge in [-0.3, -0.25) is 19.8 Å². The van der Waals surface area contributed by atoms with Crippen LogP contribution in [-0.2, 0) is 11.2 Å². The number of hydrogen-bond donors (Lipinski definition) is 1. The van der Waals surface area contributed by atoms with E-state index in [1.54, 1.807) is 35.2 Å². The number of carbonyl (C=O) groups is 3. The Morgan fingerprint density at radius 2 is 1.89 bits per heavy atom. The molecule has 0 bridgehead atoms. The number of anilines is 1. The number of carbonyl (C=O) groups excluding carboxylic acids is 3. The first-order valence-corrected chi connectivity index (χ1v) is 8.75. The molecule has 27 heavy (non-hydrogen) atoms. The number of fused-ring (bicyclic) bond motifs is 1. The van der Waals surface area contributed by atoms with Crippen LogP contribution in [0.2, 0.25) is 0 Å². The maximum atomic E-state index is 13.6. The zero-order valence-electron chi connectivity index (χ0n) is 14.7. The van der Waals surface area contributed by atoms with Crippen LogP contribution in [0, 0.1) is 5.82 Å². The average Bonchev–Trinajstić information content (AvgIpc) is 3.00. The smallest absolute Gasteiger partial charge is 0.329 e. The lowest BCUT2D eigenvalue weighted by Crippen LogP contribution is -2.39. The molecule has 2 aliphatic heterocycles. The fourth-order valence-corrected chi connectivity index (χ4v) is 3.66. The first-order chi connectivity index (χ1) is 12.9. The van der Waals surface area contributed by atoms with Crippen LogP contribution in [0.15, 0.2) is 42.5 Å². The highest BCUT2D eigenvalue weighted by Gasteiger charge is 2.30. The normalized spacial score (nSPS) is 19.1. The van der Waals surface area contributed by atoms with Gasteiger partial charge in [0.2, 0.25) is 5.91 Å². The molecule has 1 atom stereocenters. The minimum Gasteiger partial charge on any atom is -0.332 e. The lowest BCUT2D eigenvalue weighted by Gasteiger charge is -2.35. The molecule has 138 valence electrons. The van der Waals surface area contributed by atoms with Crippen LogP contribution < -0.4 is 10.2 Å². The lowest BCUT2D eigenvalue weighted by molar-refractivity contribution is -0.117. The van der Waals surface area contributed by atoms with Crippen molar-refractivity contribution >= 4 is 23.5 Å². The molecule has 7 heteroatoms. The van der Waals surface area contributed by atoms with Crippen LogP contribution in [-0.4, -0.2) is 35.8 Å². The molecule has 4 amide bonds. The maximum absolute atomic E-state index is 13.6. The van der Waals surface area contributed by atoms with E-state index in [4.69, 9.17) is 0 Å². The molecule has 6 nitrogen and oxygen atoms in total. The minimum absolute atomic E-state index is 0.0301. The van der Waals surface area contributed by atoms with E-state index in [9.17, 15) is 18.8 Å². The Morgan fingerprint density at radius 3 is 2.56 bits per heavy atom. The molecule has 0 aliphatic carbocycles. The minimum atomic E-state index is -0.470. The average molecular weight is 367 g/mol. The highest BCUT2D eigenvalue weighted by Crippen LogP contribution is 2.31. The Hall–Kier alpha value is -3.22. The van der Waals surface area contributed by atoms with Gasteiger partial charge in [0.1, 0.15) is 12.4 Å². The molecule has 0 saturated carbocycles. The fourth-order valence-electron chi connectivity index (χ4n) is 3.66. The molecule has 1 unspecified atom stereocenters. The third kappa shape index (κ3) is 3.05. The summed E-state index contributed by atoms with van der Waals surface area (Å²) in [6, 6.07) is 10.6. The summed E-state index contributed by atoms with van der Waals surface area (Å²) >= 11 is 0. The van der Waals surface area contributed by atoms with Gasteiger partial charge in [0, 0.05) is 17.8 Å². The summed E-state index contributed by atoms with van der Waals surface area (Å²) in [5, 5.41) is 2.22. The van der Waals surface area contributed by atoms with Crippen LogP contribution in [0.5, 0.6) is 0 Å². The van der Waals surface area contributed by atoms with Crippen molar-refractivity contribution in [2.24, 2.45) is 0 Å². The predicted molar refractivity (Wildman–Crippen MR) is 96.9 cm³/mol. The Balaban J connectivity index is 1.55. The zero-order chi connectivity index (χ0) is 19.1. The van der Waals surface area contributed by atoms with Gasteiger partial charge in [-0.2, -0.15) is 0 Å². The zero-order valence-corrected chi connectivity index (χ0v) is 14.7. The Morgan fingerprint density at radius 1 is 1.15 bits per heavy atom. The quantitative estimate of drug-likeness (QED) is 0.830. The highest BCUT2D eigenvalue weighted by atomic mass is 19.1. The molecule has 0 aromatic heterocycles. The number of benzene rings is 2. The molecule has 2 aromatic rings. The van der Waals surface area contributed by atoms with Crippen molar-refractivity contribution in [1.82, 2.24) is 10.2 Å². The predicted octanol–water partition coefficient (Wildman–Crippen LogP) is 2.64. The Labute approximate surface area is 155 Å². The molecular formula is C20H18FN3O3. The van der Waals surface area contributed by atoms with Crippen LogP contribution in [0.1, 0.15) is 34.5 Å². The standard InChI is InChI=1S/C20H18FN3O3/c1-12-17-10-15(21)5-2-13(17)8-9-23(12)19(26)14-3-6-16(7-4-14)24-11-18(25)22-20(24)27/h2-7,10,12H,8-9,11H2,1H3,(H,22,25,27). The number of urea groups is 1. The second kappa shape index (κ2) is 6.50. The van der Waals surface area contributed by atoms with E-state index in [1.807, 2.05) is 6.92 Å². The van der Waals surface area contributed by atoms with E-state index >= 15 is 0 Å². The molecule has 0 radical (unpaired) electrons. The summed E-state index contributed by atoms with van der Waals surface area (Å²) in [4.78, 5) is 39.0. The maximum Gasteiger partial charge on any atom is 0.329 e. The first-order valence-electron chi connectivity index (χ1n) is 8.75. The van der Waals surface area contributed by atoms with E-state index in [2.05, 4.69) is 5.32 Å². The fraction of sp³-hybridized carbons (Fsp3) is 0.250. The Bertz CT molecular complexity index is 942. The van der Waals surface area contributed by atoms with E-state index in [0.717, 1.165) is 11.1 Å².